The quantitative estimate of drug-likeness (QED) is 0.141. The number of benzene rings is 3. The van der Waals surface area contributed by atoms with E-state index in [1.54, 1.807) is 48.5 Å². The second-order valence-corrected chi connectivity index (χ2v) is 16.6. The van der Waals surface area contributed by atoms with E-state index in [0.717, 1.165) is 14.7 Å². The maximum absolute atomic E-state index is 12.7. The molecule has 0 saturated carbocycles. The summed E-state index contributed by atoms with van der Waals surface area (Å²) in [6.45, 7) is -0.536. The van der Waals surface area contributed by atoms with Crippen molar-refractivity contribution in [3.8, 4) is 24.2 Å². The highest BCUT2D eigenvalue weighted by molar-refractivity contribution is 9.10. The first kappa shape index (κ1) is 52.3. The van der Waals surface area contributed by atoms with Crippen LogP contribution in [0.2, 0.25) is 0 Å². The lowest BCUT2D eigenvalue weighted by atomic mass is 9.99. The highest BCUT2D eigenvalue weighted by atomic mass is 79.9. The SMILES string of the molecule is C#CCO.O=C1CCC(N2C(=O)c3cccc(Br)c3C2=O)C(=O)N1.O=C1CCC(N2C(=O)c3cccc(C#CCO)c3C2=O)C(=O)N1.O=C1CCC(N2C(=O)c3cccc(CCCO)c3C2=O)C(=O)N1.[3H]F. The largest absolute Gasteiger partial charge is 0.396 e. The van der Waals surface area contributed by atoms with Crippen LogP contribution in [0.5, 0.6) is 0 Å². The van der Waals surface area contributed by atoms with Crippen LogP contribution in [0.15, 0.2) is 59.1 Å². The van der Waals surface area contributed by atoms with E-state index < -0.39 is 83.1 Å². The second-order valence-electron chi connectivity index (χ2n) is 15.7. The van der Waals surface area contributed by atoms with Crippen LogP contribution in [0.4, 0.5) is 4.72 Å². The molecule has 3 aromatic carbocycles. The highest BCUT2D eigenvalue weighted by Crippen LogP contribution is 2.34. The number of aliphatic hydroxyl groups excluding tert-OH is 3. The Bertz CT molecular complexity index is 2910. The van der Waals surface area contributed by atoms with Crippen molar-refractivity contribution >= 4 is 86.8 Å². The normalized spacial score (nSPS) is 19.8. The monoisotopic (exact) mass is 1040 g/mol. The van der Waals surface area contributed by atoms with E-state index in [9.17, 15) is 57.5 Å². The van der Waals surface area contributed by atoms with Gasteiger partial charge in [-0.25, -0.2) is 0 Å². The summed E-state index contributed by atoms with van der Waals surface area (Å²) in [7, 11) is 0. The predicted octanol–water partition coefficient (Wildman–Crippen LogP) is 0.0590. The number of fused-ring (bicyclic) bond motifs is 3. The molecule has 23 heteroatoms. The minimum Gasteiger partial charge on any atom is -0.396 e. The van der Waals surface area contributed by atoms with Gasteiger partial charge >= 0.3 is 0 Å². The zero-order valence-electron chi connectivity index (χ0n) is 38.1. The van der Waals surface area contributed by atoms with E-state index in [4.69, 9.17) is 20.0 Å². The molecule has 368 valence electrons. The van der Waals surface area contributed by atoms with Gasteiger partial charge in [0.25, 0.3) is 36.9 Å². The van der Waals surface area contributed by atoms with Crippen LogP contribution in [0.3, 0.4) is 0 Å². The molecule has 12 amide bonds. The van der Waals surface area contributed by atoms with Crippen LogP contribution >= 0.6 is 15.9 Å². The number of carbonyl (C=O) groups excluding carboxylic acids is 12. The summed E-state index contributed by atoms with van der Waals surface area (Å²) in [5.74, 6) is 0.772. The molecule has 21 nitrogen and oxygen atoms in total. The predicted molar refractivity (Wildman–Crippen MR) is 245 cm³/mol. The Morgan fingerprint density at radius 2 is 0.972 bits per heavy atom. The van der Waals surface area contributed by atoms with Crippen molar-refractivity contribution < 1.29 is 77.6 Å². The third-order valence-corrected chi connectivity index (χ3v) is 12.1. The molecule has 6 N–H and O–H groups in total. The van der Waals surface area contributed by atoms with Crippen LogP contribution in [-0.4, -0.2) is 140 Å². The van der Waals surface area contributed by atoms with Crippen molar-refractivity contribution in [2.75, 3.05) is 19.8 Å². The van der Waals surface area contributed by atoms with Gasteiger partial charge in [-0.1, -0.05) is 42.0 Å². The number of piperidine rings is 3. The summed E-state index contributed by atoms with van der Waals surface area (Å²) in [5, 5.41) is 31.8. The number of nitrogens with zero attached hydrogens (tertiary/aromatic N) is 3. The highest BCUT2D eigenvalue weighted by Gasteiger charge is 2.48. The average Bonchev–Trinajstić information content (AvgIpc) is 3.89. The molecule has 3 fully saturated rings. The number of nitrogens with one attached hydrogen (secondary N) is 3. The minimum absolute atomic E-state index is 0.0112. The third kappa shape index (κ3) is 11.0. The Morgan fingerprint density at radius 1 is 0.577 bits per heavy atom. The lowest BCUT2D eigenvalue weighted by molar-refractivity contribution is -0.137. The van der Waals surface area contributed by atoms with Gasteiger partial charge in [0, 0.05) is 35.9 Å². The van der Waals surface area contributed by atoms with Crippen molar-refractivity contribution in [1.82, 2.24) is 30.7 Å². The number of amides is 12. The lowest BCUT2D eigenvalue weighted by Gasteiger charge is -2.27. The van der Waals surface area contributed by atoms with Gasteiger partial charge in [-0.05, 0) is 83.9 Å². The molecule has 0 aliphatic carbocycles. The summed E-state index contributed by atoms with van der Waals surface area (Å²) >= 11 is 3.24. The Morgan fingerprint density at radius 3 is 1.38 bits per heavy atom. The van der Waals surface area contributed by atoms with Crippen molar-refractivity contribution in [2.24, 2.45) is 0 Å². The van der Waals surface area contributed by atoms with Crippen LogP contribution in [0, 0.1) is 24.2 Å². The number of imide groups is 6. The first-order valence-corrected chi connectivity index (χ1v) is 22.2. The summed E-state index contributed by atoms with van der Waals surface area (Å²) in [6, 6.07) is 11.6. The van der Waals surface area contributed by atoms with Gasteiger partial charge in [0.2, 0.25) is 35.4 Å². The fourth-order valence-electron chi connectivity index (χ4n) is 8.29. The molecule has 6 aliphatic rings. The zero-order chi connectivity index (χ0) is 53.0. The van der Waals surface area contributed by atoms with Crippen LogP contribution < -0.4 is 16.0 Å². The van der Waals surface area contributed by atoms with E-state index in [-0.39, 0.29) is 92.1 Å². The Kier molecular flexibility index (Phi) is 17.3. The summed E-state index contributed by atoms with van der Waals surface area (Å²) < 4.78 is 13.5. The van der Waals surface area contributed by atoms with E-state index in [1.807, 2.05) is 5.92 Å². The van der Waals surface area contributed by atoms with Gasteiger partial charge in [-0.3, -0.25) is 92.9 Å². The minimum atomic E-state index is -1.00. The fourth-order valence-corrected chi connectivity index (χ4v) is 8.83. The Hall–Kier alpha value is -8.09. The molecule has 9 rings (SSSR count). The van der Waals surface area contributed by atoms with Gasteiger partial charge in [0.1, 0.15) is 31.3 Å². The van der Waals surface area contributed by atoms with Crippen molar-refractivity contribution in [2.45, 2.75) is 69.5 Å². The average molecular weight is 1040 g/mol. The number of aryl methyl sites for hydroxylation is 1. The van der Waals surface area contributed by atoms with Gasteiger partial charge in [0.15, 0.2) is 0 Å². The Balaban J connectivity index is 0.000000190. The topological polar surface area (TPSA) is 311 Å². The number of hydrogen-bond donors (Lipinski definition) is 6. The Labute approximate surface area is 412 Å². The molecule has 6 heterocycles. The second kappa shape index (κ2) is 23.5. The maximum Gasteiger partial charge on any atom is 0.269 e. The molecule has 3 aromatic rings. The zero-order valence-corrected chi connectivity index (χ0v) is 38.7. The van der Waals surface area contributed by atoms with Crippen LogP contribution in [0.25, 0.3) is 0 Å². The van der Waals surface area contributed by atoms with Gasteiger partial charge < -0.3 is 15.3 Å². The first-order chi connectivity index (χ1) is 34.5. The maximum atomic E-state index is 12.7. The molecular formula is C48H42BrFN6O15. The molecule has 3 atom stereocenters. The van der Waals surface area contributed by atoms with E-state index in [0.29, 0.717) is 34.0 Å². The first-order valence-electron chi connectivity index (χ1n) is 21.8. The summed E-state index contributed by atoms with van der Waals surface area (Å²) in [6.07, 6.45) is 6.18. The third-order valence-electron chi connectivity index (χ3n) is 11.4. The van der Waals surface area contributed by atoms with Crippen molar-refractivity contribution in [3.05, 3.63) is 104 Å². The number of halogens is 2. The molecular weight excluding hydrogens is 999 g/mol. The molecule has 0 aromatic heterocycles. The molecule has 0 radical (unpaired) electrons. The van der Waals surface area contributed by atoms with E-state index >= 15 is 0 Å². The van der Waals surface area contributed by atoms with E-state index in [1.165, 1.54) is 6.07 Å². The summed E-state index contributed by atoms with van der Waals surface area (Å²) in [4.78, 5) is 147. The number of aliphatic hydroxyl groups is 3. The number of terminal acetylenes is 1. The smallest absolute Gasteiger partial charge is 0.269 e. The molecule has 71 heavy (non-hydrogen) atoms. The summed E-state index contributed by atoms with van der Waals surface area (Å²) in [5.41, 5.74) is 2.42. The number of hydrogen-bond acceptors (Lipinski definition) is 15. The fraction of sp³-hybridized carbons (Fsp3) is 0.292. The number of carbonyl (C=O) groups is 12. The molecule has 0 bridgehead atoms. The molecule has 3 saturated heterocycles. The van der Waals surface area contributed by atoms with Crippen molar-refractivity contribution in [1.29, 1.82) is 1.45 Å². The lowest BCUT2D eigenvalue weighted by Crippen LogP contribution is -2.54. The van der Waals surface area contributed by atoms with Gasteiger partial charge in [-0.15, -0.1) is 6.42 Å². The molecule has 3 unspecified atom stereocenters. The molecule has 0 spiro atoms. The van der Waals surface area contributed by atoms with Gasteiger partial charge in [0.05, 0.1) is 33.4 Å². The number of rotatable bonds is 6. The molecule has 6 aliphatic heterocycles. The van der Waals surface area contributed by atoms with Crippen molar-refractivity contribution in [3.63, 3.8) is 0 Å². The standard InChI is InChI=1S/C16H16N2O5.C16H12N2O5.C13H9BrN2O4.C3H4O.FH/c2*19-8-2-4-9-3-1-5-10-13(9)16(23)18(15(10)22)11-6-7-12(20)17-14(11)21;14-7-3-1-2-6-10(7)13(20)16(12(6)19)8-4-5-9(17)15-11(8)18;1-2-3-4;/h1,3,5,11,19H,2,4,6-8H2,(H,17,20,21);1,3,5,11,19H,6-8H2,(H,17,20,21);1-3,8H,4-5H2,(H,15,17,18);1,4H,3H2;1H/i/hT. The van der Waals surface area contributed by atoms with Crippen LogP contribution in [0.1, 0.15) is 118 Å². The van der Waals surface area contributed by atoms with Gasteiger partial charge in [-0.2, -0.15) is 0 Å². The van der Waals surface area contributed by atoms with E-state index in [2.05, 4.69) is 51.6 Å². The van der Waals surface area contributed by atoms with Crippen LogP contribution in [-0.2, 0) is 35.2 Å².